The Labute approximate surface area is 119 Å². The van der Waals surface area contributed by atoms with Crippen molar-refractivity contribution in [2.24, 2.45) is 5.92 Å². The molecule has 1 aliphatic carbocycles. The lowest BCUT2D eigenvalue weighted by molar-refractivity contribution is -0.138. The molecule has 2 atom stereocenters. The maximum Gasteiger partial charge on any atom is 0.335 e. The summed E-state index contributed by atoms with van der Waals surface area (Å²) in [6.07, 6.45) is 0.493. The molecular formula is C13H12N4O4. The van der Waals surface area contributed by atoms with E-state index in [0.29, 0.717) is 17.9 Å². The fraction of sp³-hybridized carbons (Fsp3) is 0.308. The summed E-state index contributed by atoms with van der Waals surface area (Å²) in [7, 11) is 0. The van der Waals surface area contributed by atoms with Gasteiger partial charge in [-0.1, -0.05) is 6.07 Å². The smallest absolute Gasteiger partial charge is 0.335 e. The first kappa shape index (κ1) is 13.2. The average Bonchev–Trinajstić information content (AvgIpc) is 3.10. The van der Waals surface area contributed by atoms with Crippen molar-refractivity contribution in [1.29, 1.82) is 0 Å². The van der Waals surface area contributed by atoms with Gasteiger partial charge in [0.1, 0.15) is 0 Å². The summed E-state index contributed by atoms with van der Waals surface area (Å²) in [5.74, 6) is -2.16. The van der Waals surface area contributed by atoms with Gasteiger partial charge < -0.3 is 10.2 Å². The number of aromatic carboxylic acids is 1. The molecule has 0 amide bonds. The third kappa shape index (κ3) is 2.24. The molecule has 21 heavy (non-hydrogen) atoms. The van der Waals surface area contributed by atoms with Crippen LogP contribution in [0.1, 0.15) is 34.1 Å². The van der Waals surface area contributed by atoms with Gasteiger partial charge in [-0.2, -0.15) is 4.68 Å². The summed E-state index contributed by atoms with van der Waals surface area (Å²) in [6.45, 7) is 1.81. The molecule has 0 saturated heterocycles. The van der Waals surface area contributed by atoms with Gasteiger partial charge in [0.05, 0.1) is 17.2 Å². The fourth-order valence-corrected chi connectivity index (χ4v) is 2.32. The van der Waals surface area contributed by atoms with Gasteiger partial charge in [-0.15, -0.1) is 5.10 Å². The third-order valence-corrected chi connectivity index (χ3v) is 3.62. The number of aryl methyl sites for hydroxylation is 1. The Bertz CT molecular complexity index is 740. The maximum absolute atomic E-state index is 11.1. The van der Waals surface area contributed by atoms with E-state index in [1.54, 1.807) is 6.07 Å². The highest BCUT2D eigenvalue weighted by Gasteiger charge is 2.47. The van der Waals surface area contributed by atoms with Crippen molar-refractivity contribution < 1.29 is 19.8 Å². The van der Waals surface area contributed by atoms with Crippen molar-refractivity contribution in [1.82, 2.24) is 20.2 Å². The minimum atomic E-state index is -1.04. The molecule has 3 rings (SSSR count). The van der Waals surface area contributed by atoms with Crippen LogP contribution < -0.4 is 0 Å². The van der Waals surface area contributed by atoms with Gasteiger partial charge in [0.15, 0.2) is 5.82 Å². The molecular weight excluding hydrogens is 276 g/mol. The molecule has 2 aromatic rings. The monoisotopic (exact) mass is 288 g/mol. The molecule has 0 aliphatic heterocycles. The summed E-state index contributed by atoms with van der Waals surface area (Å²) >= 11 is 0. The van der Waals surface area contributed by atoms with E-state index < -0.39 is 17.9 Å². The zero-order valence-corrected chi connectivity index (χ0v) is 11.1. The van der Waals surface area contributed by atoms with Crippen molar-refractivity contribution in [3.63, 3.8) is 0 Å². The van der Waals surface area contributed by atoms with Crippen molar-refractivity contribution in [2.75, 3.05) is 0 Å². The van der Waals surface area contributed by atoms with Crippen LogP contribution in [0.15, 0.2) is 18.2 Å². The molecule has 1 fully saturated rings. The molecule has 1 aromatic carbocycles. The van der Waals surface area contributed by atoms with Gasteiger partial charge in [0.25, 0.3) is 0 Å². The number of hydrogen-bond acceptors (Lipinski definition) is 5. The molecule has 1 aliphatic rings. The van der Waals surface area contributed by atoms with Crippen LogP contribution in [-0.2, 0) is 4.79 Å². The predicted octanol–water partition coefficient (Wildman–Crippen LogP) is 0.857. The number of carboxylic acids is 2. The molecule has 1 heterocycles. The van der Waals surface area contributed by atoms with Crippen molar-refractivity contribution in [3.05, 3.63) is 35.2 Å². The van der Waals surface area contributed by atoms with Crippen LogP contribution in [0.2, 0.25) is 0 Å². The Balaban J connectivity index is 2.03. The van der Waals surface area contributed by atoms with E-state index in [2.05, 4.69) is 15.5 Å². The van der Waals surface area contributed by atoms with E-state index in [1.165, 1.54) is 16.8 Å². The first-order chi connectivity index (χ1) is 9.99. The molecule has 1 saturated carbocycles. The Morgan fingerprint density at radius 3 is 2.71 bits per heavy atom. The first-order valence-corrected chi connectivity index (χ1v) is 6.34. The quantitative estimate of drug-likeness (QED) is 0.856. The molecule has 8 nitrogen and oxygen atoms in total. The van der Waals surface area contributed by atoms with E-state index in [1.807, 2.05) is 6.92 Å². The Morgan fingerprint density at radius 1 is 1.33 bits per heavy atom. The summed E-state index contributed by atoms with van der Waals surface area (Å²) in [4.78, 5) is 22.0. The minimum absolute atomic E-state index is 0.127. The Kier molecular flexibility index (Phi) is 2.93. The van der Waals surface area contributed by atoms with E-state index in [0.717, 1.165) is 5.56 Å². The average molecular weight is 288 g/mol. The fourth-order valence-electron chi connectivity index (χ4n) is 2.32. The van der Waals surface area contributed by atoms with Crippen LogP contribution in [0.5, 0.6) is 0 Å². The van der Waals surface area contributed by atoms with Crippen LogP contribution in [0.4, 0.5) is 0 Å². The zero-order chi connectivity index (χ0) is 15.1. The maximum atomic E-state index is 11.1. The molecule has 8 heteroatoms. The van der Waals surface area contributed by atoms with Gasteiger partial charge in [-0.3, -0.25) is 4.79 Å². The Hall–Kier alpha value is -2.77. The summed E-state index contributed by atoms with van der Waals surface area (Å²) in [6, 6.07) is 4.66. The molecule has 1 aromatic heterocycles. The number of hydrogen-bond donors (Lipinski definition) is 2. The second-order valence-electron chi connectivity index (χ2n) is 5.04. The molecule has 2 N–H and O–H groups in total. The van der Waals surface area contributed by atoms with E-state index in [9.17, 15) is 9.59 Å². The molecule has 0 spiro atoms. The molecule has 2 unspecified atom stereocenters. The highest BCUT2D eigenvalue weighted by Crippen LogP contribution is 2.46. The highest BCUT2D eigenvalue weighted by atomic mass is 16.4. The second-order valence-corrected chi connectivity index (χ2v) is 5.04. The number of tetrazole rings is 1. The van der Waals surface area contributed by atoms with E-state index in [-0.39, 0.29) is 11.5 Å². The number of aliphatic carboxylic acids is 1. The summed E-state index contributed by atoms with van der Waals surface area (Å²) < 4.78 is 1.43. The molecule has 0 radical (unpaired) electrons. The lowest BCUT2D eigenvalue weighted by atomic mass is 10.1. The number of aromatic nitrogens is 4. The highest BCUT2D eigenvalue weighted by molar-refractivity contribution is 5.88. The summed E-state index contributed by atoms with van der Waals surface area (Å²) in [5, 5.41) is 29.4. The number of carboxylic acid groups (broad SMARTS) is 2. The number of nitrogens with zero attached hydrogens (tertiary/aromatic N) is 4. The molecule has 0 bridgehead atoms. The van der Waals surface area contributed by atoms with E-state index in [4.69, 9.17) is 10.2 Å². The number of carbonyl (C=O) groups is 2. The van der Waals surface area contributed by atoms with Gasteiger partial charge in [0, 0.05) is 5.92 Å². The number of rotatable bonds is 4. The van der Waals surface area contributed by atoms with Crippen molar-refractivity contribution >= 4 is 11.9 Å². The normalized spacial score (nSPS) is 20.2. The third-order valence-electron chi connectivity index (χ3n) is 3.62. The van der Waals surface area contributed by atoms with Crippen LogP contribution in [-0.4, -0.2) is 42.4 Å². The SMILES string of the molecule is Cc1ccc(C(=O)O)cc1-n1nnnc1C1CC1C(=O)O. The standard InChI is InChI=1S/C13H12N4O4/c1-6-2-3-7(12(18)19)4-10(6)17-11(14-15-16-17)8-5-9(8)13(20)21/h2-4,8-9H,5H2,1H3,(H,18,19)(H,20,21). The van der Waals surface area contributed by atoms with Crippen LogP contribution in [0.3, 0.4) is 0 Å². The first-order valence-electron chi connectivity index (χ1n) is 6.34. The second kappa shape index (κ2) is 4.65. The van der Waals surface area contributed by atoms with Crippen molar-refractivity contribution in [2.45, 2.75) is 19.3 Å². The largest absolute Gasteiger partial charge is 0.481 e. The minimum Gasteiger partial charge on any atom is -0.481 e. The van der Waals surface area contributed by atoms with Gasteiger partial charge in [0.2, 0.25) is 0 Å². The van der Waals surface area contributed by atoms with Crippen LogP contribution >= 0.6 is 0 Å². The van der Waals surface area contributed by atoms with Crippen LogP contribution in [0.25, 0.3) is 5.69 Å². The predicted molar refractivity (Wildman–Crippen MR) is 69.3 cm³/mol. The van der Waals surface area contributed by atoms with Gasteiger partial charge >= 0.3 is 11.9 Å². The Morgan fingerprint density at radius 2 is 2.10 bits per heavy atom. The molecule has 108 valence electrons. The van der Waals surface area contributed by atoms with Crippen molar-refractivity contribution in [3.8, 4) is 5.69 Å². The lowest BCUT2D eigenvalue weighted by Gasteiger charge is -2.08. The van der Waals surface area contributed by atoms with Gasteiger partial charge in [-0.05, 0) is 41.5 Å². The summed E-state index contributed by atoms with van der Waals surface area (Å²) in [5.41, 5.74) is 1.48. The topological polar surface area (TPSA) is 118 Å². The van der Waals surface area contributed by atoms with E-state index >= 15 is 0 Å². The zero-order valence-electron chi connectivity index (χ0n) is 11.1. The van der Waals surface area contributed by atoms with Crippen LogP contribution in [0, 0.1) is 12.8 Å². The lowest BCUT2D eigenvalue weighted by Crippen LogP contribution is -2.08. The number of benzene rings is 1. The van der Waals surface area contributed by atoms with Gasteiger partial charge in [-0.25, -0.2) is 4.79 Å².